The van der Waals surface area contributed by atoms with Crippen LogP contribution in [0.15, 0.2) is 5.38 Å². The molecule has 2 heterocycles. The molecule has 0 aromatic carbocycles. The van der Waals surface area contributed by atoms with E-state index in [0.29, 0.717) is 11.8 Å². The normalized spacial score (nSPS) is 21.4. The van der Waals surface area contributed by atoms with E-state index in [1.54, 1.807) is 11.3 Å². The molecule has 4 nitrogen and oxygen atoms in total. The number of carboxylic acids is 1. The Hall–Kier alpha value is -0.940. The van der Waals surface area contributed by atoms with E-state index >= 15 is 0 Å². The molecule has 1 aromatic rings. The Morgan fingerprint density at radius 2 is 2.44 bits per heavy atom. The number of hydrogen-bond donors (Lipinski definition) is 1. The SMILES string of the molecule is CC(C)c1csc(C2CCCN(CC(=O)O)C2)n1. The minimum absolute atomic E-state index is 0.152. The van der Waals surface area contributed by atoms with Gasteiger partial charge in [0, 0.05) is 17.8 Å². The van der Waals surface area contributed by atoms with Crippen LogP contribution in [0.4, 0.5) is 0 Å². The van der Waals surface area contributed by atoms with Gasteiger partial charge in [0.2, 0.25) is 0 Å². The third-order valence-electron chi connectivity index (χ3n) is 3.34. The third kappa shape index (κ3) is 3.29. The van der Waals surface area contributed by atoms with Crippen LogP contribution >= 0.6 is 11.3 Å². The molecule has 0 saturated carbocycles. The quantitative estimate of drug-likeness (QED) is 0.911. The van der Waals surface area contributed by atoms with E-state index in [9.17, 15) is 4.79 Å². The van der Waals surface area contributed by atoms with Crippen LogP contribution in [0.5, 0.6) is 0 Å². The molecule has 1 fully saturated rings. The number of carboxylic acid groups (broad SMARTS) is 1. The highest BCUT2D eigenvalue weighted by Gasteiger charge is 2.25. The van der Waals surface area contributed by atoms with E-state index in [1.807, 2.05) is 4.90 Å². The lowest BCUT2D eigenvalue weighted by Crippen LogP contribution is -2.37. The summed E-state index contributed by atoms with van der Waals surface area (Å²) in [6.45, 7) is 6.17. The standard InChI is InChI=1S/C13H20N2O2S/c1-9(2)11-8-18-13(14-11)10-4-3-5-15(6-10)7-12(16)17/h8-10H,3-7H2,1-2H3,(H,16,17). The summed E-state index contributed by atoms with van der Waals surface area (Å²) in [6, 6.07) is 0. The van der Waals surface area contributed by atoms with E-state index in [4.69, 9.17) is 10.1 Å². The molecule has 1 unspecified atom stereocenters. The Morgan fingerprint density at radius 1 is 1.67 bits per heavy atom. The number of piperidine rings is 1. The predicted octanol–water partition coefficient (Wildman–Crippen LogP) is 2.53. The molecule has 5 heteroatoms. The van der Waals surface area contributed by atoms with Crippen LogP contribution in [0.1, 0.15) is 49.2 Å². The second-order valence-electron chi connectivity index (χ2n) is 5.23. The molecular formula is C13H20N2O2S. The molecule has 100 valence electrons. The molecule has 1 aliphatic rings. The Bertz CT molecular complexity index is 417. The summed E-state index contributed by atoms with van der Waals surface area (Å²) in [4.78, 5) is 17.5. The summed E-state index contributed by atoms with van der Waals surface area (Å²) in [5.74, 6) is 0.141. The maximum atomic E-state index is 10.7. The molecule has 0 bridgehead atoms. The zero-order valence-electron chi connectivity index (χ0n) is 10.9. The average Bonchev–Trinajstić information content (AvgIpc) is 2.77. The van der Waals surface area contributed by atoms with Gasteiger partial charge in [-0.05, 0) is 25.3 Å². The minimum atomic E-state index is -0.738. The monoisotopic (exact) mass is 268 g/mol. The maximum absolute atomic E-state index is 10.7. The van der Waals surface area contributed by atoms with Gasteiger partial charge in [0.05, 0.1) is 17.2 Å². The highest BCUT2D eigenvalue weighted by Crippen LogP contribution is 2.30. The smallest absolute Gasteiger partial charge is 0.317 e. The fraction of sp³-hybridized carbons (Fsp3) is 0.692. The molecule has 0 radical (unpaired) electrons. The summed E-state index contributed by atoms with van der Waals surface area (Å²) in [5, 5.41) is 12.2. The minimum Gasteiger partial charge on any atom is -0.480 e. The van der Waals surface area contributed by atoms with Gasteiger partial charge in [-0.15, -0.1) is 11.3 Å². The van der Waals surface area contributed by atoms with Crippen LogP contribution in [0.25, 0.3) is 0 Å². The van der Waals surface area contributed by atoms with E-state index < -0.39 is 5.97 Å². The summed E-state index contributed by atoms with van der Waals surface area (Å²) in [6.07, 6.45) is 2.19. The Kier molecular flexibility index (Phi) is 4.35. The van der Waals surface area contributed by atoms with Gasteiger partial charge in [-0.3, -0.25) is 9.69 Å². The van der Waals surface area contributed by atoms with Crippen LogP contribution in [0, 0.1) is 0 Å². The van der Waals surface area contributed by atoms with Crippen LogP contribution in [0.2, 0.25) is 0 Å². The highest BCUT2D eigenvalue weighted by molar-refractivity contribution is 7.09. The summed E-state index contributed by atoms with van der Waals surface area (Å²) in [7, 11) is 0. The maximum Gasteiger partial charge on any atom is 0.317 e. The van der Waals surface area contributed by atoms with Gasteiger partial charge in [-0.2, -0.15) is 0 Å². The third-order valence-corrected chi connectivity index (χ3v) is 4.37. The number of likely N-dealkylation sites (tertiary alicyclic amines) is 1. The van der Waals surface area contributed by atoms with Crippen molar-refractivity contribution in [2.45, 2.75) is 38.5 Å². The first kappa shape index (κ1) is 13.5. The number of rotatable bonds is 4. The predicted molar refractivity (Wildman–Crippen MR) is 72.3 cm³/mol. The molecule has 1 N–H and O–H groups in total. The number of aromatic nitrogens is 1. The molecule has 0 spiro atoms. The highest BCUT2D eigenvalue weighted by atomic mass is 32.1. The lowest BCUT2D eigenvalue weighted by Gasteiger charge is -2.30. The zero-order chi connectivity index (χ0) is 13.1. The van der Waals surface area contributed by atoms with Crippen molar-refractivity contribution in [1.29, 1.82) is 0 Å². The first-order valence-corrected chi connectivity index (χ1v) is 7.33. The van der Waals surface area contributed by atoms with Crippen molar-refractivity contribution >= 4 is 17.3 Å². The molecule has 0 aliphatic carbocycles. The van der Waals surface area contributed by atoms with Crippen molar-refractivity contribution in [3.63, 3.8) is 0 Å². The second kappa shape index (κ2) is 5.80. The van der Waals surface area contributed by atoms with Crippen molar-refractivity contribution in [2.75, 3.05) is 19.6 Å². The van der Waals surface area contributed by atoms with Crippen molar-refractivity contribution < 1.29 is 9.90 Å². The fourth-order valence-electron chi connectivity index (χ4n) is 2.35. The molecule has 1 saturated heterocycles. The van der Waals surface area contributed by atoms with Crippen molar-refractivity contribution in [1.82, 2.24) is 9.88 Å². The van der Waals surface area contributed by atoms with Crippen LogP contribution in [-0.2, 0) is 4.79 Å². The van der Waals surface area contributed by atoms with Crippen molar-refractivity contribution in [2.24, 2.45) is 0 Å². The Morgan fingerprint density at radius 3 is 3.06 bits per heavy atom. The van der Waals surface area contributed by atoms with Crippen LogP contribution in [0.3, 0.4) is 0 Å². The molecule has 2 rings (SSSR count). The topological polar surface area (TPSA) is 53.4 Å². The summed E-state index contributed by atoms with van der Waals surface area (Å²) < 4.78 is 0. The van der Waals surface area contributed by atoms with Crippen molar-refractivity contribution in [3.05, 3.63) is 16.1 Å². The van der Waals surface area contributed by atoms with E-state index in [-0.39, 0.29) is 6.54 Å². The molecule has 0 amide bonds. The van der Waals surface area contributed by atoms with Gasteiger partial charge < -0.3 is 5.11 Å². The van der Waals surface area contributed by atoms with Gasteiger partial charge in [0.1, 0.15) is 0 Å². The second-order valence-corrected chi connectivity index (χ2v) is 6.12. The van der Waals surface area contributed by atoms with Gasteiger partial charge in [-0.25, -0.2) is 4.98 Å². The number of carbonyl (C=O) groups is 1. The van der Waals surface area contributed by atoms with Crippen molar-refractivity contribution in [3.8, 4) is 0 Å². The summed E-state index contributed by atoms with van der Waals surface area (Å²) in [5.41, 5.74) is 1.16. The zero-order valence-corrected chi connectivity index (χ0v) is 11.7. The first-order chi connectivity index (χ1) is 8.56. The van der Waals surface area contributed by atoms with E-state index in [1.165, 1.54) is 5.01 Å². The average molecular weight is 268 g/mol. The Labute approximate surface area is 112 Å². The fourth-order valence-corrected chi connectivity index (χ4v) is 3.45. The first-order valence-electron chi connectivity index (χ1n) is 6.45. The largest absolute Gasteiger partial charge is 0.480 e. The lowest BCUT2D eigenvalue weighted by atomic mass is 9.98. The molecule has 18 heavy (non-hydrogen) atoms. The van der Waals surface area contributed by atoms with E-state index in [2.05, 4.69) is 19.2 Å². The number of thiazole rings is 1. The molecular weight excluding hydrogens is 248 g/mol. The molecule has 1 aromatic heterocycles. The number of hydrogen-bond acceptors (Lipinski definition) is 4. The molecule has 1 aliphatic heterocycles. The van der Waals surface area contributed by atoms with Gasteiger partial charge in [-0.1, -0.05) is 13.8 Å². The lowest BCUT2D eigenvalue weighted by molar-refractivity contribution is -0.138. The van der Waals surface area contributed by atoms with Gasteiger partial charge in [0.25, 0.3) is 0 Å². The number of nitrogens with zero attached hydrogens (tertiary/aromatic N) is 2. The number of aliphatic carboxylic acids is 1. The van der Waals surface area contributed by atoms with E-state index in [0.717, 1.165) is 31.6 Å². The van der Waals surface area contributed by atoms with Gasteiger partial charge in [0.15, 0.2) is 0 Å². The van der Waals surface area contributed by atoms with Gasteiger partial charge >= 0.3 is 5.97 Å². The Balaban J connectivity index is 2.01. The van der Waals surface area contributed by atoms with Crippen LogP contribution in [-0.4, -0.2) is 40.6 Å². The van der Waals surface area contributed by atoms with Crippen LogP contribution < -0.4 is 0 Å². The summed E-state index contributed by atoms with van der Waals surface area (Å²) >= 11 is 1.72. The molecule has 1 atom stereocenters.